The zero-order chi connectivity index (χ0) is 10.8. The summed E-state index contributed by atoms with van der Waals surface area (Å²) in [6, 6.07) is 0.483. The van der Waals surface area contributed by atoms with Crippen LogP contribution in [0.2, 0.25) is 0 Å². The van der Waals surface area contributed by atoms with Crippen molar-refractivity contribution in [3.63, 3.8) is 0 Å². The molecule has 1 aliphatic rings. The van der Waals surface area contributed by atoms with Gasteiger partial charge in [-0.1, -0.05) is 13.8 Å². The number of aryl methyl sites for hydroxylation is 1. The lowest BCUT2D eigenvalue weighted by Gasteiger charge is -2.33. The van der Waals surface area contributed by atoms with Gasteiger partial charge in [-0.2, -0.15) is 0 Å². The maximum absolute atomic E-state index is 4.43. The van der Waals surface area contributed by atoms with Crippen LogP contribution >= 0.6 is 0 Å². The third-order valence-corrected chi connectivity index (χ3v) is 3.26. The highest BCUT2D eigenvalue weighted by Crippen LogP contribution is 2.25. The van der Waals surface area contributed by atoms with Crippen LogP contribution in [0.1, 0.15) is 31.3 Å². The van der Waals surface area contributed by atoms with Crippen molar-refractivity contribution >= 4 is 0 Å². The Bertz CT molecular complexity index is 327. The van der Waals surface area contributed by atoms with Crippen LogP contribution in [0, 0.1) is 0 Å². The molecule has 2 heterocycles. The molecule has 0 radical (unpaired) electrons. The van der Waals surface area contributed by atoms with Crippen molar-refractivity contribution in [2.75, 3.05) is 19.6 Å². The Morgan fingerprint density at radius 2 is 2.27 bits per heavy atom. The molecule has 1 aromatic heterocycles. The molecule has 84 valence electrons. The minimum absolute atomic E-state index is 0.483. The van der Waals surface area contributed by atoms with Crippen molar-refractivity contribution in [3.8, 4) is 0 Å². The first-order chi connectivity index (χ1) is 7.27. The molecule has 4 nitrogen and oxygen atoms in total. The molecule has 4 heteroatoms. The van der Waals surface area contributed by atoms with Crippen LogP contribution in [0.15, 0.2) is 6.33 Å². The molecule has 1 unspecified atom stereocenters. The van der Waals surface area contributed by atoms with E-state index >= 15 is 0 Å². The molecule has 0 amide bonds. The normalized spacial score (nSPS) is 20.7. The number of fused-ring (bicyclic) bond motifs is 1. The molecule has 0 aromatic carbocycles. The summed E-state index contributed by atoms with van der Waals surface area (Å²) in [6.07, 6.45) is 1.92. The maximum Gasteiger partial charge on any atom is 0.0950 e. The number of hydrogen-bond donors (Lipinski definition) is 1. The summed E-state index contributed by atoms with van der Waals surface area (Å²) in [5, 5.41) is 3.44. The lowest BCUT2D eigenvalue weighted by atomic mass is 10.1. The van der Waals surface area contributed by atoms with E-state index in [1.165, 1.54) is 11.4 Å². The van der Waals surface area contributed by atoms with Gasteiger partial charge in [-0.3, -0.25) is 4.90 Å². The summed E-state index contributed by atoms with van der Waals surface area (Å²) in [6.45, 7) is 8.56. The Labute approximate surface area is 91.3 Å². The van der Waals surface area contributed by atoms with Gasteiger partial charge in [0.05, 0.1) is 23.8 Å². The fourth-order valence-electron chi connectivity index (χ4n) is 2.44. The zero-order valence-electron chi connectivity index (χ0n) is 9.82. The average molecular weight is 208 g/mol. The lowest BCUT2D eigenvalue weighted by molar-refractivity contribution is 0.197. The molecule has 1 aliphatic heterocycles. The van der Waals surface area contributed by atoms with Gasteiger partial charge in [0, 0.05) is 20.1 Å². The molecule has 0 spiro atoms. The minimum atomic E-state index is 0.483. The van der Waals surface area contributed by atoms with Crippen molar-refractivity contribution in [2.24, 2.45) is 7.05 Å². The Morgan fingerprint density at radius 1 is 1.53 bits per heavy atom. The maximum atomic E-state index is 4.43. The van der Waals surface area contributed by atoms with Gasteiger partial charge in [-0.25, -0.2) is 4.98 Å². The first-order valence-electron chi connectivity index (χ1n) is 5.72. The second kappa shape index (κ2) is 4.33. The molecule has 0 fully saturated rings. The van der Waals surface area contributed by atoms with E-state index in [-0.39, 0.29) is 0 Å². The van der Waals surface area contributed by atoms with Crippen LogP contribution in [-0.4, -0.2) is 34.1 Å². The van der Waals surface area contributed by atoms with Gasteiger partial charge in [0.25, 0.3) is 0 Å². The van der Waals surface area contributed by atoms with Gasteiger partial charge < -0.3 is 9.88 Å². The van der Waals surface area contributed by atoms with E-state index in [4.69, 9.17) is 0 Å². The molecule has 1 aromatic rings. The van der Waals surface area contributed by atoms with Crippen LogP contribution in [-0.2, 0) is 13.6 Å². The van der Waals surface area contributed by atoms with Crippen LogP contribution in [0.4, 0.5) is 0 Å². The third-order valence-electron chi connectivity index (χ3n) is 3.26. The number of hydrogen-bond acceptors (Lipinski definition) is 3. The smallest absolute Gasteiger partial charge is 0.0950 e. The standard InChI is InChI=1S/C11H20N4/c1-4-15(5-2)10-7-12-6-9-11(10)14(3)8-13-9/h8,10,12H,4-7H2,1-3H3. The molecular formula is C11H20N4. The van der Waals surface area contributed by atoms with Gasteiger partial charge in [-0.05, 0) is 13.1 Å². The van der Waals surface area contributed by atoms with Gasteiger partial charge >= 0.3 is 0 Å². The zero-order valence-corrected chi connectivity index (χ0v) is 9.82. The summed E-state index contributed by atoms with van der Waals surface area (Å²) in [4.78, 5) is 6.91. The van der Waals surface area contributed by atoms with Crippen LogP contribution in [0.3, 0.4) is 0 Å². The number of imidazole rings is 1. The van der Waals surface area contributed by atoms with Crippen molar-refractivity contribution in [2.45, 2.75) is 26.4 Å². The topological polar surface area (TPSA) is 33.1 Å². The van der Waals surface area contributed by atoms with E-state index in [1.54, 1.807) is 0 Å². The predicted octanol–water partition coefficient (Wildman–Crippen LogP) is 0.906. The second-order valence-corrected chi connectivity index (χ2v) is 4.06. The molecule has 0 bridgehead atoms. The van der Waals surface area contributed by atoms with Gasteiger partial charge in [0.1, 0.15) is 0 Å². The number of nitrogens with one attached hydrogen (secondary N) is 1. The minimum Gasteiger partial charge on any atom is -0.336 e. The van der Waals surface area contributed by atoms with Gasteiger partial charge in [0.15, 0.2) is 0 Å². The van der Waals surface area contributed by atoms with Crippen molar-refractivity contribution in [1.29, 1.82) is 0 Å². The Morgan fingerprint density at radius 3 is 2.93 bits per heavy atom. The summed E-state index contributed by atoms with van der Waals surface area (Å²) in [5.41, 5.74) is 2.60. The summed E-state index contributed by atoms with van der Waals surface area (Å²) < 4.78 is 2.17. The Kier molecular flexibility index (Phi) is 3.07. The highest BCUT2D eigenvalue weighted by molar-refractivity contribution is 5.20. The number of nitrogens with zero attached hydrogens (tertiary/aromatic N) is 3. The second-order valence-electron chi connectivity index (χ2n) is 4.06. The predicted molar refractivity (Wildman–Crippen MR) is 60.6 cm³/mol. The van der Waals surface area contributed by atoms with Crippen LogP contribution in [0.5, 0.6) is 0 Å². The number of aromatic nitrogens is 2. The van der Waals surface area contributed by atoms with Crippen molar-refractivity contribution in [1.82, 2.24) is 19.8 Å². The van der Waals surface area contributed by atoms with Gasteiger partial charge in [0.2, 0.25) is 0 Å². The molecular weight excluding hydrogens is 188 g/mol. The molecule has 15 heavy (non-hydrogen) atoms. The van der Waals surface area contributed by atoms with Crippen molar-refractivity contribution in [3.05, 3.63) is 17.7 Å². The average Bonchev–Trinajstić information content (AvgIpc) is 2.63. The van der Waals surface area contributed by atoms with E-state index in [0.717, 1.165) is 26.2 Å². The molecule has 1 N–H and O–H groups in total. The number of rotatable bonds is 3. The van der Waals surface area contributed by atoms with E-state index in [0.29, 0.717) is 6.04 Å². The highest BCUT2D eigenvalue weighted by Gasteiger charge is 2.27. The SMILES string of the molecule is CCN(CC)C1CNCc2ncn(C)c21. The van der Waals surface area contributed by atoms with E-state index in [1.807, 2.05) is 6.33 Å². The van der Waals surface area contributed by atoms with Crippen LogP contribution in [0.25, 0.3) is 0 Å². The molecule has 1 atom stereocenters. The van der Waals surface area contributed by atoms with E-state index in [2.05, 4.69) is 40.7 Å². The monoisotopic (exact) mass is 208 g/mol. The first-order valence-corrected chi connectivity index (χ1v) is 5.72. The summed E-state index contributed by atoms with van der Waals surface area (Å²) in [5.74, 6) is 0. The molecule has 0 saturated heterocycles. The highest BCUT2D eigenvalue weighted by atomic mass is 15.2. The molecule has 0 aliphatic carbocycles. The third kappa shape index (κ3) is 1.79. The largest absolute Gasteiger partial charge is 0.336 e. The van der Waals surface area contributed by atoms with E-state index < -0.39 is 0 Å². The molecule has 2 rings (SSSR count). The van der Waals surface area contributed by atoms with E-state index in [9.17, 15) is 0 Å². The quantitative estimate of drug-likeness (QED) is 0.801. The fraction of sp³-hybridized carbons (Fsp3) is 0.727. The Balaban J connectivity index is 2.31. The lowest BCUT2D eigenvalue weighted by Crippen LogP contribution is -2.40. The Hall–Kier alpha value is -0.870. The molecule has 0 saturated carbocycles. The van der Waals surface area contributed by atoms with Gasteiger partial charge in [-0.15, -0.1) is 0 Å². The fourth-order valence-corrected chi connectivity index (χ4v) is 2.44. The summed E-state index contributed by atoms with van der Waals surface area (Å²) in [7, 11) is 2.09. The number of likely N-dealkylation sites (N-methyl/N-ethyl adjacent to an activating group) is 1. The summed E-state index contributed by atoms with van der Waals surface area (Å²) >= 11 is 0. The van der Waals surface area contributed by atoms with Crippen molar-refractivity contribution < 1.29 is 0 Å². The van der Waals surface area contributed by atoms with Crippen LogP contribution < -0.4 is 5.32 Å². The first kappa shape index (κ1) is 10.6.